The highest BCUT2D eigenvalue weighted by Crippen LogP contribution is 1.98. The van der Waals surface area contributed by atoms with E-state index in [0.29, 0.717) is 6.54 Å². The van der Waals surface area contributed by atoms with E-state index in [9.17, 15) is 9.90 Å². The first-order valence-electron chi connectivity index (χ1n) is 4.03. The Morgan fingerprint density at radius 2 is 2.17 bits per heavy atom. The summed E-state index contributed by atoms with van der Waals surface area (Å²) in [6.07, 6.45) is -0.408. The molecule has 1 atom stereocenters. The Labute approximate surface area is 72.9 Å². The predicted molar refractivity (Wildman–Crippen MR) is 45.7 cm³/mol. The predicted octanol–water partition coefficient (Wildman–Crippen LogP) is -0.234. The van der Waals surface area contributed by atoms with E-state index in [1.807, 2.05) is 13.8 Å². The monoisotopic (exact) mass is 175 g/mol. The smallest absolute Gasteiger partial charge is 0.319 e. The molecular weight excluding hydrogens is 158 g/mol. The molecule has 0 aliphatic heterocycles. The minimum absolute atomic E-state index is 0.153. The zero-order valence-electron chi connectivity index (χ0n) is 7.83. The van der Waals surface area contributed by atoms with Gasteiger partial charge in [-0.15, -0.1) is 0 Å². The van der Waals surface area contributed by atoms with Crippen molar-refractivity contribution in [1.29, 1.82) is 0 Å². The molecular formula is C8H17NO3. The SMILES string of the molecule is COC(=O)CNCC(O)C(C)C. The second-order valence-electron chi connectivity index (χ2n) is 3.02. The van der Waals surface area contributed by atoms with Gasteiger partial charge in [0.2, 0.25) is 0 Å². The van der Waals surface area contributed by atoms with Crippen molar-refractivity contribution < 1.29 is 14.6 Å². The molecule has 0 aromatic heterocycles. The van der Waals surface area contributed by atoms with Gasteiger partial charge in [-0.1, -0.05) is 13.8 Å². The molecule has 0 saturated heterocycles. The van der Waals surface area contributed by atoms with Crippen LogP contribution in [0.15, 0.2) is 0 Å². The number of esters is 1. The van der Waals surface area contributed by atoms with Gasteiger partial charge >= 0.3 is 5.97 Å². The maximum absolute atomic E-state index is 10.6. The first kappa shape index (κ1) is 11.4. The lowest BCUT2D eigenvalue weighted by Crippen LogP contribution is -2.34. The molecule has 0 amide bonds. The summed E-state index contributed by atoms with van der Waals surface area (Å²) in [7, 11) is 1.34. The number of ether oxygens (including phenoxy) is 1. The standard InChI is InChI=1S/C8H17NO3/c1-6(2)7(10)4-9-5-8(11)12-3/h6-7,9-10H,4-5H2,1-3H3. The van der Waals surface area contributed by atoms with Crippen molar-refractivity contribution in [3.63, 3.8) is 0 Å². The average molecular weight is 175 g/mol. The van der Waals surface area contributed by atoms with Crippen molar-refractivity contribution in [1.82, 2.24) is 5.32 Å². The van der Waals surface area contributed by atoms with E-state index in [1.54, 1.807) is 0 Å². The van der Waals surface area contributed by atoms with Gasteiger partial charge in [-0.2, -0.15) is 0 Å². The van der Waals surface area contributed by atoms with E-state index in [4.69, 9.17) is 0 Å². The fraction of sp³-hybridized carbons (Fsp3) is 0.875. The van der Waals surface area contributed by atoms with E-state index in [-0.39, 0.29) is 18.4 Å². The molecule has 0 aromatic carbocycles. The van der Waals surface area contributed by atoms with Crippen molar-refractivity contribution >= 4 is 5.97 Å². The topological polar surface area (TPSA) is 58.6 Å². The number of aliphatic hydroxyl groups excluding tert-OH is 1. The molecule has 0 heterocycles. The minimum atomic E-state index is -0.408. The highest BCUT2D eigenvalue weighted by Gasteiger charge is 2.08. The maximum atomic E-state index is 10.6. The molecule has 0 bridgehead atoms. The number of aliphatic hydroxyl groups is 1. The molecule has 72 valence electrons. The first-order valence-corrected chi connectivity index (χ1v) is 4.03. The van der Waals surface area contributed by atoms with Crippen molar-refractivity contribution in [3.05, 3.63) is 0 Å². The second-order valence-corrected chi connectivity index (χ2v) is 3.02. The van der Waals surface area contributed by atoms with Gasteiger partial charge in [0, 0.05) is 6.54 Å². The van der Waals surface area contributed by atoms with Gasteiger partial charge in [0.05, 0.1) is 19.8 Å². The van der Waals surface area contributed by atoms with E-state index >= 15 is 0 Å². The van der Waals surface area contributed by atoms with Gasteiger partial charge in [-0.3, -0.25) is 4.79 Å². The molecule has 2 N–H and O–H groups in total. The summed E-state index contributed by atoms with van der Waals surface area (Å²) in [5.74, 6) is -0.110. The summed E-state index contributed by atoms with van der Waals surface area (Å²) < 4.78 is 4.41. The van der Waals surface area contributed by atoms with Crippen LogP contribution >= 0.6 is 0 Å². The molecule has 4 nitrogen and oxygen atoms in total. The van der Waals surface area contributed by atoms with Crippen LogP contribution in [-0.2, 0) is 9.53 Å². The molecule has 0 aromatic rings. The van der Waals surface area contributed by atoms with Crippen LogP contribution in [-0.4, -0.2) is 37.4 Å². The molecule has 0 rings (SSSR count). The van der Waals surface area contributed by atoms with Crippen molar-refractivity contribution in [2.24, 2.45) is 5.92 Å². The fourth-order valence-electron chi connectivity index (χ4n) is 0.630. The lowest BCUT2D eigenvalue weighted by Gasteiger charge is -2.14. The van der Waals surface area contributed by atoms with Crippen LogP contribution in [0.25, 0.3) is 0 Å². The van der Waals surface area contributed by atoms with Crippen LogP contribution in [0.4, 0.5) is 0 Å². The van der Waals surface area contributed by atoms with Gasteiger partial charge in [-0.05, 0) is 5.92 Å². The summed E-state index contributed by atoms with van der Waals surface area (Å²) in [5.41, 5.74) is 0. The van der Waals surface area contributed by atoms with Crippen molar-refractivity contribution in [2.75, 3.05) is 20.2 Å². The Kier molecular flexibility index (Phi) is 5.66. The zero-order valence-corrected chi connectivity index (χ0v) is 7.83. The highest BCUT2D eigenvalue weighted by molar-refractivity contribution is 5.71. The third-order valence-electron chi connectivity index (χ3n) is 1.62. The van der Waals surface area contributed by atoms with Crippen LogP contribution in [0.3, 0.4) is 0 Å². The molecule has 1 unspecified atom stereocenters. The lowest BCUT2D eigenvalue weighted by molar-refractivity contribution is -0.139. The third-order valence-corrected chi connectivity index (χ3v) is 1.62. The number of carbonyl (C=O) groups excluding carboxylic acids is 1. The Bertz CT molecular complexity index is 136. The van der Waals surface area contributed by atoms with Crippen LogP contribution < -0.4 is 5.32 Å². The third kappa shape index (κ3) is 5.09. The average Bonchev–Trinajstić information content (AvgIpc) is 2.03. The Hall–Kier alpha value is -0.610. The molecule has 0 spiro atoms. The summed E-state index contributed by atoms with van der Waals surface area (Å²) in [6, 6.07) is 0. The van der Waals surface area contributed by atoms with Gasteiger partial charge in [0.15, 0.2) is 0 Å². The normalized spacial score (nSPS) is 13.1. The molecule has 0 saturated carbocycles. The van der Waals surface area contributed by atoms with Gasteiger partial charge < -0.3 is 15.2 Å². The van der Waals surface area contributed by atoms with Gasteiger partial charge in [0.1, 0.15) is 0 Å². The number of rotatable bonds is 5. The quantitative estimate of drug-likeness (QED) is 0.566. The van der Waals surface area contributed by atoms with E-state index in [1.165, 1.54) is 7.11 Å². The number of hydrogen-bond donors (Lipinski definition) is 2. The lowest BCUT2D eigenvalue weighted by atomic mass is 10.1. The van der Waals surface area contributed by atoms with Gasteiger partial charge in [0.25, 0.3) is 0 Å². The molecule has 0 radical (unpaired) electrons. The molecule has 0 fully saturated rings. The Morgan fingerprint density at radius 1 is 1.58 bits per heavy atom. The first-order chi connectivity index (χ1) is 5.57. The second kappa shape index (κ2) is 5.97. The fourth-order valence-corrected chi connectivity index (χ4v) is 0.630. The number of nitrogens with one attached hydrogen (secondary N) is 1. The van der Waals surface area contributed by atoms with Crippen molar-refractivity contribution in [2.45, 2.75) is 20.0 Å². The summed E-state index contributed by atoms with van der Waals surface area (Å²) in [4.78, 5) is 10.6. The van der Waals surface area contributed by atoms with E-state index < -0.39 is 6.10 Å². The van der Waals surface area contributed by atoms with Crippen LogP contribution in [0, 0.1) is 5.92 Å². The van der Waals surface area contributed by atoms with Crippen LogP contribution in [0.2, 0.25) is 0 Å². The summed E-state index contributed by atoms with van der Waals surface area (Å²) in [6.45, 7) is 4.42. The van der Waals surface area contributed by atoms with Gasteiger partial charge in [-0.25, -0.2) is 0 Å². The van der Waals surface area contributed by atoms with Crippen LogP contribution in [0.5, 0.6) is 0 Å². The van der Waals surface area contributed by atoms with E-state index in [0.717, 1.165) is 0 Å². The van der Waals surface area contributed by atoms with Crippen LogP contribution in [0.1, 0.15) is 13.8 Å². The number of hydrogen-bond acceptors (Lipinski definition) is 4. The summed E-state index contributed by atoms with van der Waals surface area (Å²) in [5, 5.41) is 12.1. The highest BCUT2D eigenvalue weighted by atomic mass is 16.5. The Balaban J connectivity index is 3.37. The zero-order chi connectivity index (χ0) is 9.56. The molecule has 4 heteroatoms. The number of methoxy groups -OCH3 is 1. The molecule has 12 heavy (non-hydrogen) atoms. The molecule has 0 aliphatic carbocycles. The largest absolute Gasteiger partial charge is 0.468 e. The van der Waals surface area contributed by atoms with Crippen molar-refractivity contribution in [3.8, 4) is 0 Å². The van der Waals surface area contributed by atoms with E-state index in [2.05, 4.69) is 10.1 Å². The minimum Gasteiger partial charge on any atom is -0.468 e. The number of carbonyl (C=O) groups is 1. The Morgan fingerprint density at radius 3 is 2.58 bits per heavy atom. The molecule has 0 aliphatic rings. The maximum Gasteiger partial charge on any atom is 0.319 e. The summed E-state index contributed by atoms with van der Waals surface area (Å²) >= 11 is 0.